The van der Waals surface area contributed by atoms with Gasteiger partial charge in [-0.2, -0.15) is 8.42 Å². The second kappa shape index (κ2) is 15.9. The molecule has 0 N–H and O–H groups in total. The molecule has 0 aliphatic rings. The van der Waals surface area contributed by atoms with Gasteiger partial charge >= 0.3 is 10.1 Å². The Morgan fingerprint density at radius 3 is 1.78 bits per heavy atom. The van der Waals surface area contributed by atoms with Crippen LogP contribution in [-0.2, 0) is 14.3 Å². The highest BCUT2D eigenvalue weighted by Crippen LogP contribution is 2.07. The second-order valence-electron chi connectivity index (χ2n) is 5.84. The van der Waals surface area contributed by atoms with Crippen LogP contribution in [0, 0.1) is 0 Å². The SMILES string of the molecule is CCCCC/C=C\C/C=C\CCCCCCC=COS(C)(=O)=O. The van der Waals surface area contributed by atoms with Gasteiger partial charge in [-0.1, -0.05) is 56.9 Å². The summed E-state index contributed by atoms with van der Waals surface area (Å²) >= 11 is 0. The minimum absolute atomic E-state index is 0.869. The van der Waals surface area contributed by atoms with Crippen molar-refractivity contribution < 1.29 is 12.6 Å². The number of hydrogen-bond donors (Lipinski definition) is 0. The molecule has 0 fully saturated rings. The molecule has 0 bridgehead atoms. The molecule has 0 radical (unpaired) electrons. The Bertz CT molecular complexity index is 434. The Morgan fingerprint density at radius 2 is 1.26 bits per heavy atom. The van der Waals surface area contributed by atoms with E-state index < -0.39 is 10.1 Å². The van der Waals surface area contributed by atoms with Gasteiger partial charge in [0, 0.05) is 0 Å². The van der Waals surface area contributed by atoms with Crippen LogP contribution in [0.3, 0.4) is 0 Å². The standard InChI is InChI=1S/C19H34O3S/c1-3-4-5-6-7-8-9-10-11-12-13-14-15-16-17-18-19-22-23(2,20)21/h7-8,10-11,18-19H,3-6,9,12-17H2,1-2H3/b8-7-,11-10-,19-18?. The van der Waals surface area contributed by atoms with Crippen LogP contribution in [-0.4, -0.2) is 14.7 Å². The topological polar surface area (TPSA) is 43.4 Å². The molecule has 0 saturated heterocycles. The molecular weight excluding hydrogens is 308 g/mol. The quantitative estimate of drug-likeness (QED) is 0.161. The molecule has 134 valence electrons. The minimum atomic E-state index is -3.34. The first-order valence-electron chi connectivity index (χ1n) is 8.89. The highest BCUT2D eigenvalue weighted by molar-refractivity contribution is 7.86. The number of rotatable bonds is 15. The van der Waals surface area contributed by atoms with E-state index in [-0.39, 0.29) is 0 Å². The third kappa shape index (κ3) is 21.0. The number of hydrogen-bond acceptors (Lipinski definition) is 3. The summed E-state index contributed by atoms with van der Waals surface area (Å²) in [6, 6.07) is 0. The van der Waals surface area contributed by atoms with E-state index in [2.05, 4.69) is 35.4 Å². The third-order valence-electron chi connectivity index (χ3n) is 3.40. The molecule has 0 amide bonds. The van der Waals surface area contributed by atoms with Gasteiger partial charge in [0.1, 0.15) is 6.26 Å². The summed E-state index contributed by atoms with van der Waals surface area (Å²) in [5, 5.41) is 0. The Hall–Kier alpha value is -1.03. The minimum Gasteiger partial charge on any atom is -0.391 e. The lowest BCUT2D eigenvalue weighted by atomic mass is 10.1. The summed E-state index contributed by atoms with van der Waals surface area (Å²) < 4.78 is 25.9. The van der Waals surface area contributed by atoms with E-state index in [1.54, 1.807) is 6.08 Å². The molecule has 0 aromatic carbocycles. The van der Waals surface area contributed by atoms with Crippen molar-refractivity contribution >= 4 is 10.1 Å². The molecule has 0 aliphatic carbocycles. The van der Waals surface area contributed by atoms with Gasteiger partial charge in [0.25, 0.3) is 0 Å². The maximum absolute atomic E-state index is 10.7. The fraction of sp³-hybridized carbons (Fsp3) is 0.684. The van der Waals surface area contributed by atoms with Crippen LogP contribution in [0.15, 0.2) is 36.6 Å². The smallest absolute Gasteiger partial charge is 0.305 e. The fourth-order valence-corrected chi connectivity index (χ4v) is 2.39. The molecule has 3 nitrogen and oxygen atoms in total. The van der Waals surface area contributed by atoms with E-state index in [1.807, 2.05) is 0 Å². The molecule has 23 heavy (non-hydrogen) atoms. The Kier molecular flexibility index (Phi) is 15.1. The first-order valence-corrected chi connectivity index (χ1v) is 10.7. The lowest BCUT2D eigenvalue weighted by Crippen LogP contribution is -1.95. The van der Waals surface area contributed by atoms with Crippen molar-refractivity contribution in [1.82, 2.24) is 0 Å². The lowest BCUT2D eigenvalue weighted by Gasteiger charge is -1.97. The molecule has 0 unspecified atom stereocenters. The van der Waals surface area contributed by atoms with Gasteiger partial charge in [-0.3, -0.25) is 0 Å². The Labute approximate surface area is 143 Å². The van der Waals surface area contributed by atoms with Crippen molar-refractivity contribution in [2.45, 2.75) is 77.6 Å². The summed E-state index contributed by atoms with van der Waals surface area (Å²) in [5.41, 5.74) is 0. The van der Waals surface area contributed by atoms with Crippen molar-refractivity contribution in [3.63, 3.8) is 0 Å². The zero-order valence-electron chi connectivity index (χ0n) is 14.9. The van der Waals surface area contributed by atoms with Crippen LogP contribution in [0.25, 0.3) is 0 Å². The Morgan fingerprint density at radius 1 is 0.739 bits per heavy atom. The second-order valence-corrected chi connectivity index (χ2v) is 7.44. The molecule has 0 saturated carbocycles. The predicted octanol–water partition coefficient (Wildman–Crippen LogP) is 5.90. The summed E-state index contributed by atoms with van der Waals surface area (Å²) in [5.74, 6) is 0. The van der Waals surface area contributed by atoms with Crippen LogP contribution < -0.4 is 0 Å². The van der Waals surface area contributed by atoms with Gasteiger partial charge in [0.2, 0.25) is 0 Å². The molecular formula is C19H34O3S. The van der Waals surface area contributed by atoms with Gasteiger partial charge in [-0.15, -0.1) is 0 Å². The maximum atomic E-state index is 10.7. The molecule has 0 heterocycles. The van der Waals surface area contributed by atoms with Crippen molar-refractivity contribution in [1.29, 1.82) is 0 Å². The first-order chi connectivity index (χ1) is 11.1. The summed E-state index contributed by atoms with van der Waals surface area (Å²) in [6.45, 7) is 2.23. The summed E-state index contributed by atoms with van der Waals surface area (Å²) in [7, 11) is -3.34. The van der Waals surface area contributed by atoms with Crippen LogP contribution in [0.2, 0.25) is 0 Å². The molecule has 0 aromatic rings. The molecule has 0 rings (SSSR count). The molecule has 0 atom stereocenters. The van der Waals surface area contributed by atoms with E-state index in [9.17, 15) is 8.42 Å². The van der Waals surface area contributed by atoms with Crippen LogP contribution in [0.5, 0.6) is 0 Å². The molecule has 0 aliphatic heterocycles. The highest BCUT2D eigenvalue weighted by Gasteiger charge is 1.95. The van der Waals surface area contributed by atoms with E-state index >= 15 is 0 Å². The monoisotopic (exact) mass is 342 g/mol. The van der Waals surface area contributed by atoms with Gasteiger partial charge in [-0.25, -0.2) is 0 Å². The molecule has 0 aromatic heterocycles. The van der Waals surface area contributed by atoms with Crippen molar-refractivity contribution in [2.75, 3.05) is 6.26 Å². The maximum Gasteiger partial charge on any atom is 0.305 e. The van der Waals surface area contributed by atoms with Gasteiger partial charge in [0.05, 0.1) is 6.26 Å². The van der Waals surface area contributed by atoms with E-state index in [1.165, 1.54) is 51.2 Å². The van der Waals surface area contributed by atoms with E-state index in [4.69, 9.17) is 0 Å². The zero-order valence-corrected chi connectivity index (χ0v) is 15.7. The van der Waals surface area contributed by atoms with Crippen LogP contribution >= 0.6 is 0 Å². The molecule has 4 heteroatoms. The van der Waals surface area contributed by atoms with Crippen molar-refractivity contribution in [3.8, 4) is 0 Å². The normalized spacial score (nSPS) is 12.8. The van der Waals surface area contributed by atoms with Crippen molar-refractivity contribution in [3.05, 3.63) is 36.6 Å². The zero-order chi connectivity index (χ0) is 17.2. The van der Waals surface area contributed by atoms with Crippen LogP contribution in [0.1, 0.15) is 77.6 Å². The fourth-order valence-electron chi connectivity index (χ4n) is 2.11. The van der Waals surface area contributed by atoms with E-state index in [0.29, 0.717) is 0 Å². The number of unbranched alkanes of at least 4 members (excludes halogenated alkanes) is 8. The van der Waals surface area contributed by atoms with Gasteiger partial charge < -0.3 is 4.18 Å². The number of allylic oxidation sites excluding steroid dienone is 5. The van der Waals surface area contributed by atoms with Gasteiger partial charge in [-0.05, 0) is 51.0 Å². The van der Waals surface area contributed by atoms with Crippen LogP contribution in [0.4, 0.5) is 0 Å². The predicted molar refractivity (Wildman–Crippen MR) is 99.8 cm³/mol. The highest BCUT2D eigenvalue weighted by atomic mass is 32.2. The van der Waals surface area contributed by atoms with Crippen molar-refractivity contribution in [2.24, 2.45) is 0 Å². The lowest BCUT2D eigenvalue weighted by molar-refractivity contribution is 0.447. The average molecular weight is 343 g/mol. The molecule has 0 spiro atoms. The largest absolute Gasteiger partial charge is 0.391 e. The van der Waals surface area contributed by atoms with E-state index in [0.717, 1.165) is 31.9 Å². The average Bonchev–Trinajstić information content (AvgIpc) is 2.49. The van der Waals surface area contributed by atoms with Gasteiger partial charge in [0.15, 0.2) is 0 Å². The Balaban J connectivity index is 3.31. The summed E-state index contributed by atoms with van der Waals surface area (Å²) in [6.07, 6.45) is 26.1. The summed E-state index contributed by atoms with van der Waals surface area (Å²) in [4.78, 5) is 0. The first kappa shape index (κ1) is 22.0. The third-order valence-corrected chi connectivity index (χ3v) is 3.86.